The van der Waals surface area contributed by atoms with Gasteiger partial charge in [-0.15, -0.1) is 0 Å². The van der Waals surface area contributed by atoms with Crippen molar-refractivity contribution in [3.8, 4) is 0 Å². The number of amides is 2. The third-order valence-electron chi connectivity index (χ3n) is 7.23. The molecule has 1 aromatic rings. The summed E-state index contributed by atoms with van der Waals surface area (Å²) in [6, 6.07) is 5.77. The third-order valence-corrected chi connectivity index (χ3v) is 7.23. The number of carbonyl (C=O) groups is 2. The zero-order valence-electron chi connectivity index (χ0n) is 21.6. The summed E-state index contributed by atoms with van der Waals surface area (Å²) in [5.74, 6) is -4.36. The molecule has 196 valence electrons. The molecule has 1 saturated heterocycles. The number of aryl methyl sites for hydroxylation is 1. The van der Waals surface area contributed by atoms with Crippen molar-refractivity contribution in [3.05, 3.63) is 41.1 Å². The van der Waals surface area contributed by atoms with Crippen LogP contribution in [0.3, 0.4) is 0 Å². The van der Waals surface area contributed by atoms with Crippen LogP contribution in [0, 0.1) is 0 Å². The van der Waals surface area contributed by atoms with Gasteiger partial charge in [0.25, 0.3) is 11.8 Å². The molecule has 1 unspecified atom stereocenters. The molecule has 0 spiro atoms. The highest BCUT2D eigenvalue weighted by Crippen LogP contribution is 2.33. The van der Waals surface area contributed by atoms with Crippen LogP contribution >= 0.6 is 0 Å². The predicted octanol–water partition coefficient (Wildman–Crippen LogP) is 4.55. The molecule has 3 aliphatic rings. The van der Waals surface area contributed by atoms with Crippen molar-refractivity contribution >= 4 is 23.3 Å². The molecule has 0 aromatic heterocycles. The number of carbonyl (C=O) groups excluding carboxylic acids is 2. The van der Waals surface area contributed by atoms with Crippen molar-refractivity contribution in [1.29, 1.82) is 0 Å². The first kappa shape index (κ1) is 26.1. The molecule has 3 fully saturated rings. The van der Waals surface area contributed by atoms with Gasteiger partial charge in [0.05, 0.1) is 12.2 Å². The highest BCUT2D eigenvalue weighted by Gasteiger charge is 2.49. The number of allylic oxidation sites excluding steroid dienone is 1. The number of alkyl halides is 2. The lowest BCUT2D eigenvalue weighted by molar-refractivity contribution is -0.154. The van der Waals surface area contributed by atoms with Crippen LogP contribution in [0.15, 0.2) is 35.0 Å². The van der Waals surface area contributed by atoms with Gasteiger partial charge in [0.2, 0.25) is 0 Å². The van der Waals surface area contributed by atoms with Crippen LogP contribution in [0.4, 0.5) is 14.5 Å². The molecule has 2 aliphatic carbocycles. The molecule has 2 saturated carbocycles. The van der Waals surface area contributed by atoms with Crippen molar-refractivity contribution in [3.63, 3.8) is 0 Å². The maximum atomic E-state index is 14.9. The van der Waals surface area contributed by atoms with Gasteiger partial charge < -0.3 is 20.4 Å². The van der Waals surface area contributed by atoms with E-state index in [1.165, 1.54) is 7.05 Å². The fraction of sp³-hybridized carbons (Fsp3) is 0.593. The Bertz CT molecular complexity index is 1060. The molecule has 7 nitrogen and oxygen atoms in total. The SMILES string of the molecule is C/C=C1\C(=N/C(C)Nc2ccc(C(=O)NC3CC3)cc2CC)N(C2CCCC2)CC(F)(F)C(=O)N1C. The summed E-state index contributed by atoms with van der Waals surface area (Å²) in [5.41, 5.74) is 2.83. The molecule has 1 atom stereocenters. The molecule has 1 aliphatic heterocycles. The summed E-state index contributed by atoms with van der Waals surface area (Å²) in [5, 5.41) is 6.40. The fourth-order valence-electron chi connectivity index (χ4n) is 5.09. The number of benzene rings is 1. The molecule has 36 heavy (non-hydrogen) atoms. The van der Waals surface area contributed by atoms with Crippen molar-refractivity contribution in [1.82, 2.24) is 15.1 Å². The zero-order valence-corrected chi connectivity index (χ0v) is 21.6. The van der Waals surface area contributed by atoms with Crippen LogP contribution in [-0.4, -0.2) is 65.2 Å². The number of rotatable bonds is 7. The van der Waals surface area contributed by atoms with E-state index in [-0.39, 0.29) is 18.0 Å². The van der Waals surface area contributed by atoms with Crippen LogP contribution in [0.25, 0.3) is 0 Å². The smallest absolute Gasteiger partial charge is 0.342 e. The summed E-state index contributed by atoms with van der Waals surface area (Å²) in [6.45, 7) is 4.96. The summed E-state index contributed by atoms with van der Waals surface area (Å²) in [6.07, 6.45) is 7.56. The fourth-order valence-corrected chi connectivity index (χ4v) is 5.09. The average molecular weight is 502 g/mol. The number of nitrogens with one attached hydrogen (secondary N) is 2. The van der Waals surface area contributed by atoms with Gasteiger partial charge >= 0.3 is 5.92 Å². The Morgan fingerprint density at radius 3 is 2.56 bits per heavy atom. The highest BCUT2D eigenvalue weighted by atomic mass is 19.3. The minimum atomic E-state index is -3.49. The molecular weight excluding hydrogens is 464 g/mol. The molecular formula is C27H37F2N5O2. The van der Waals surface area contributed by atoms with Crippen molar-refractivity contribution in [2.75, 3.05) is 18.9 Å². The first-order chi connectivity index (χ1) is 17.1. The van der Waals surface area contributed by atoms with E-state index in [4.69, 9.17) is 4.99 Å². The number of halogens is 2. The zero-order chi connectivity index (χ0) is 26.0. The standard InChI is InChI=1S/C27H37F2N5O2/c1-5-18-15-19(25(35)32-20-12-13-20)11-14-22(18)30-17(3)31-24-23(6-2)33(4)26(36)27(28,29)16-34(24)21-9-7-8-10-21/h6,11,14-15,17,20-21,30H,5,7-10,12-13,16H2,1-4H3,(H,32,35)/b23-6+,31-24+. The maximum Gasteiger partial charge on any atom is 0.342 e. The Kier molecular flexibility index (Phi) is 7.66. The van der Waals surface area contributed by atoms with E-state index in [1.807, 2.05) is 26.0 Å². The Hall–Kier alpha value is -2.97. The van der Waals surface area contributed by atoms with E-state index < -0.39 is 24.5 Å². The second-order valence-electron chi connectivity index (χ2n) is 10.1. The average Bonchev–Trinajstić information content (AvgIpc) is 3.50. The molecule has 0 bridgehead atoms. The van der Waals surface area contributed by atoms with Crippen molar-refractivity contribution in [2.45, 2.75) is 89.9 Å². The summed E-state index contributed by atoms with van der Waals surface area (Å²) < 4.78 is 29.8. The molecule has 2 amide bonds. The van der Waals surface area contributed by atoms with E-state index >= 15 is 0 Å². The van der Waals surface area contributed by atoms with Crippen LogP contribution in [0.5, 0.6) is 0 Å². The van der Waals surface area contributed by atoms with Gasteiger partial charge in [-0.25, -0.2) is 4.99 Å². The first-order valence-electron chi connectivity index (χ1n) is 13.0. The topological polar surface area (TPSA) is 77.0 Å². The van der Waals surface area contributed by atoms with Crippen LogP contribution < -0.4 is 10.6 Å². The van der Waals surface area contributed by atoms with Crippen LogP contribution in [0.1, 0.15) is 75.2 Å². The number of aliphatic imine (C=N–C) groups is 1. The van der Waals surface area contributed by atoms with Gasteiger partial charge in [-0.05, 0) is 69.7 Å². The van der Waals surface area contributed by atoms with E-state index in [0.29, 0.717) is 23.5 Å². The minimum absolute atomic E-state index is 0.0657. The van der Waals surface area contributed by atoms with E-state index in [9.17, 15) is 18.4 Å². The number of anilines is 1. The lowest BCUT2D eigenvalue weighted by atomic mass is 10.1. The Balaban J connectivity index is 1.62. The largest absolute Gasteiger partial charge is 0.364 e. The molecule has 2 N–H and O–H groups in total. The van der Waals surface area contributed by atoms with Gasteiger partial charge in [-0.2, -0.15) is 8.78 Å². The molecule has 9 heteroatoms. The molecule has 4 rings (SSSR count). The van der Waals surface area contributed by atoms with Gasteiger partial charge in [0.1, 0.15) is 12.0 Å². The second-order valence-corrected chi connectivity index (χ2v) is 10.1. The first-order valence-corrected chi connectivity index (χ1v) is 13.0. The quantitative estimate of drug-likeness (QED) is 0.575. The minimum Gasteiger partial charge on any atom is -0.364 e. The van der Waals surface area contributed by atoms with Crippen molar-refractivity contribution in [2.24, 2.45) is 4.99 Å². The van der Waals surface area contributed by atoms with E-state index in [0.717, 1.165) is 54.7 Å². The number of likely N-dealkylation sites (N-methyl/N-ethyl adjacent to an activating group) is 1. The highest BCUT2D eigenvalue weighted by molar-refractivity contribution is 6.04. The lowest BCUT2D eigenvalue weighted by Gasteiger charge is -2.33. The molecule has 1 aromatic carbocycles. The predicted molar refractivity (Wildman–Crippen MR) is 137 cm³/mol. The monoisotopic (exact) mass is 501 g/mol. The summed E-state index contributed by atoms with van der Waals surface area (Å²) in [4.78, 5) is 32.6. The number of hydrogen-bond acceptors (Lipinski definition) is 4. The van der Waals surface area contributed by atoms with Gasteiger partial charge in [-0.1, -0.05) is 25.8 Å². The Morgan fingerprint density at radius 1 is 1.25 bits per heavy atom. The molecule has 1 heterocycles. The Morgan fingerprint density at radius 2 is 1.94 bits per heavy atom. The number of amidine groups is 1. The number of hydrogen-bond donors (Lipinski definition) is 2. The Labute approximate surface area is 212 Å². The second kappa shape index (κ2) is 10.6. The van der Waals surface area contributed by atoms with E-state index in [2.05, 4.69) is 10.6 Å². The van der Waals surface area contributed by atoms with Crippen LogP contribution in [-0.2, 0) is 11.2 Å². The number of nitrogens with zero attached hydrogens (tertiary/aromatic N) is 3. The molecule has 0 radical (unpaired) electrons. The maximum absolute atomic E-state index is 14.9. The van der Waals surface area contributed by atoms with Gasteiger partial charge in [0, 0.05) is 30.4 Å². The van der Waals surface area contributed by atoms with Crippen molar-refractivity contribution < 1.29 is 18.4 Å². The third kappa shape index (κ3) is 5.55. The van der Waals surface area contributed by atoms with Gasteiger partial charge in [0.15, 0.2) is 0 Å². The normalized spacial score (nSPS) is 23.8. The summed E-state index contributed by atoms with van der Waals surface area (Å²) >= 11 is 0. The summed E-state index contributed by atoms with van der Waals surface area (Å²) in [7, 11) is 1.39. The van der Waals surface area contributed by atoms with Gasteiger partial charge in [-0.3, -0.25) is 9.59 Å². The van der Waals surface area contributed by atoms with Crippen LogP contribution in [0.2, 0.25) is 0 Å². The van der Waals surface area contributed by atoms with E-state index in [1.54, 1.807) is 24.0 Å². The lowest BCUT2D eigenvalue weighted by Crippen LogP contribution is -2.47.